The minimum Gasteiger partial charge on any atom is -0.373 e. The second kappa shape index (κ2) is 5.83. The SMILES string of the molecule is CCc1ccc(-c2nc(C)c(CC)c(NC)n2)cc1. The molecule has 0 saturated carbocycles. The molecule has 1 heterocycles. The molecule has 19 heavy (non-hydrogen) atoms. The van der Waals surface area contributed by atoms with Gasteiger partial charge in [0.25, 0.3) is 0 Å². The van der Waals surface area contributed by atoms with Crippen molar-refractivity contribution in [2.75, 3.05) is 12.4 Å². The predicted molar refractivity (Wildman–Crippen MR) is 80.5 cm³/mol. The first-order valence-corrected chi connectivity index (χ1v) is 6.84. The van der Waals surface area contributed by atoms with Gasteiger partial charge < -0.3 is 5.32 Å². The molecule has 0 bridgehead atoms. The van der Waals surface area contributed by atoms with Gasteiger partial charge in [0.05, 0.1) is 0 Å². The van der Waals surface area contributed by atoms with Crippen molar-refractivity contribution < 1.29 is 0 Å². The summed E-state index contributed by atoms with van der Waals surface area (Å²) in [4.78, 5) is 9.25. The Hall–Kier alpha value is -1.90. The molecule has 2 rings (SSSR count). The Balaban J connectivity index is 2.47. The largest absolute Gasteiger partial charge is 0.373 e. The van der Waals surface area contributed by atoms with Crippen LogP contribution in [-0.2, 0) is 12.8 Å². The molecule has 0 aliphatic rings. The molecule has 0 fully saturated rings. The van der Waals surface area contributed by atoms with E-state index in [-0.39, 0.29) is 0 Å². The summed E-state index contributed by atoms with van der Waals surface area (Å²) in [6.07, 6.45) is 1.99. The van der Waals surface area contributed by atoms with E-state index in [0.29, 0.717) is 0 Å². The van der Waals surface area contributed by atoms with Crippen molar-refractivity contribution in [1.82, 2.24) is 9.97 Å². The van der Waals surface area contributed by atoms with Crippen LogP contribution >= 0.6 is 0 Å². The molecule has 1 N–H and O–H groups in total. The normalized spacial score (nSPS) is 10.5. The van der Waals surface area contributed by atoms with E-state index in [2.05, 4.69) is 53.4 Å². The van der Waals surface area contributed by atoms with Crippen molar-refractivity contribution in [2.24, 2.45) is 0 Å². The maximum atomic E-state index is 4.63. The third-order valence-electron chi connectivity index (χ3n) is 3.42. The topological polar surface area (TPSA) is 37.8 Å². The van der Waals surface area contributed by atoms with Crippen molar-refractivity contribution in [3.05, 3.63) is 41.1 Å². The van der Waals surface area contributed by atoms with Crippen molar-refractivity contribution in [1.29, 1.82) is 0 Å². The summed E-state index contributed by atoms with van der Waals surface area (Å²) in [6.45, 7) is 6.33. The molecule has 2 aromatic rings. The highest BCUT2D eigenvalue weighted by Gasteiger charge is 2.10. The Morgan fingerprint density at radius 1 is 1.00 bits per heavy atom. The van der Waals surface area contributed by atoms with E-state index < -0.39 is 0 Å². The van der Waals surface area contributed by atoms with Gasteiger partial charge in [-0.25, -0.2) is 9.97 Å². The summed E-state index contributed by atoms with van der Waals surface area (Å²) < 4.78 is 0. The first-order chi connectivity index (χ1) is 9.19. The number of rotatable bonds is 4. The van der Waals surface area contributed by atoms with Crippen molar-refractivity contribution in [3.63, 3.8) is 0 Å². The lowest BCUT2D eigenvalue weighted by atomic mass is 10.1. The molecule has 100 valence electrons. The van der Waals surface area contributed by atoms with Crippen LogP contribution in [0.15, 0.2) is 24.3 Å². The van der Waals surface area contributed by atoms with Crippen LogP contribution in [0, 0.1) is 6.92 Å². The minimum absolute atomic E-state index is 0.793. The summed E-state index contributed by atoms with van der Waals surface area (Å²) in [5.74, 6) is 1.73. The second-order valence-corrected chi connectivity index (χ2v) is 4.61. The van der Waals surface area contributed by atoms with Crippen LogP contribution in [0.2, 0.25) is 0 Å². The maximum Gasteiger partial charge on any atom is 0.161 e. The van der Waals surface area contributed by atoms with Crippen LogP contribution in [0.1, 0.15) is 30.7 Å². The molecule has 1 aromatic heterocycles. The van der Waals surface area contributed by atoms with Crippen molar-refractivity contribution in [3.8, 4) is 11.4 Å². The smallest absolute Gasteiger partial charge is 0.161 e. The Labute approximate surface area is 115 Å². The van der Waals surface area contributed by atoms with E-state index in [4.69, 9.17) is 0 Å². The van der Waals surface area contributed by atoms with E-state index in [9.17, 15) is 0 Å². The van der Waals surface area contributed by atoms with Gasteiger partial charge in [-0.3, -0.25) is 0 Å². The van der Waals surface area contributed by atoms with Crippen LogP contribution in [0.3, 0.4) is 0 Å². The van der Waals surface area contributed by atoms with Crippen LogP contribution in [0.4, 0.5) is 5.82 Å². The molecule has 3 heteroatoms. The van der Waals surface area contributed by atoms with Crippen LogP contribution in [-0.4, -0.2) is 17.0 Å². The van der Waals surface area contributed by atoms with Gasteiger partial charge in [-0.15, -0.1) is 0 Å². The zero-order valence-corrected chi connectivity index (χ0v) is 12.1. The number of nitrogens with zero attached hydrogens (tertiary/aromatic N) is 2. The highest BCUT2D eigenvalue weighted by molar-refractivity contribution is 5.60. The number of benzene rings is 1. The summed E-state index contributed by atoms with van der Waals surface area (Å²) in [6, 6.07) is 8.47. The van der Waals surface area contributed by atoms with Gasteiger partial charge in [0.15, 0.2) is 5.82 Å². The quantitative estimate of drug-likeness (QED) is 0.906. The average Bonchev–Trinajstić information content (AvgIpc) is 2.46. The molecule has 0 aliphatic heterocycles. The predicted octanol–water partition coefficient (Wildman–Crippen LogP) is 3.62. The third kappa shape index (κ3) is 2.75. The van der Waals surface area contributed by atoms with Gasteiger partial charge >= 0.3 is 0 Å². The van der Waals surface area contributed by atoms with Crippen molar-refractivity contribution in [2.45, 2.75) is 33.6 Å². The Bertz CT molecular complexity index is 559. The lowest BCUT2D eigenvalue weighted by molar-refractivity contribution is 1.00. The lowest BCUT2D eigenvalue weighted by Crippen LogP contribution is -2.04. The molecular formula is C16H21N3. The van der Waals surface area contributed by atoms with Crippen LogP contribution in [0.25, 0.3) is 11.4 Å². The van der Waals surface area contributed by atoms with Crippen LogP contribution in [0.5, 0.6) is 0 Å². The summed E-state index contributed by atoms with van der Waals surface area (Å²) in [5.41, 5.74) is 4.65. The fourth-order valence-electron chi connectivity index (χ4n) is 2.24. The van der Waals surface area contributed by atoms with Gasteiger partial charge in [0.2, 0.25) is 0 Å². The standard InChI is InChI=1S/C16H21N3/c1-5-12-7-9-13(10-8-12)15-18-11(3)14(6-2)16(17-4)19-15/h7-10H,5-6H2,1-4H3,(H,17,18,19). The van der Waals surface area contributed by atoms with Gasteiger partial charge in [0.1, 0.15) is 5.82 Å². The Kier molecular flexibility index (Phi) is 4.15. The lowest BCUT2D eigenvalue weighted by Gasteiger charge is -2.11. The number of anilines is 1. The number of hydrogen-bond acceptors (Lipinski definition) is 3. The minimum atomic E-state index is 0.793. The molecule has 0 saturated heterocycles. The molecule has 0 atom stereocenters. The third-order valence-corrected chi connectivity index (χ3v) is 3.42. The number of nitrogens with one attached hydrogen (secondary N) is 1. The Morgan fingerprint density at radius 3 is 2.21 bits per heavy atom. The highest BCUT2D eigenvalue weighted by Crippen LogP contribution is 2.22. The van der Waals surface area contributed by atoms with Gasteiger partial charge in [0, 0.05) is 23.9 Å². The summed E-state index contributed by atoms with van der Waals surface area (Å²) in [7, 11) is 1.91. The first-order valence-electron chi connectivity index (χ1n) is 6.84. The zero-order valence-electron chi connectivity index (χ0n) is 12.1. The van der Waals surface area contributed by atoms with E-state index >= 15 is 0 Å². The van der Waals surface area contributed by atoms with E-state index in [1.54, 1.807) is 0 Å². The summed E-state index contributed by atoms with van der Waals surface area (Å²) in [5, 5.41) is 3.17. The summed E-state index contributed by atoms with van der Waals surface area (Å²) >= 11 is 0. The molecule has 0 aliphatic carbocycles. The average molecular weight is 255 g/mol. The van der Waals surface area contributed by atoms with Gasteiger partial charge in [-0.2, -0.15) is 0 Å². The highest BCUT2D eigenvalue weighted by atomic mass is 15.0. The Morgan fingerprint density at radius 2 is 1.68 bits per heavy atom. The monoisotopic (exact) mass is 255 g/mol. The molecule has 0 amide bonds. The van der Waals surface area contributed by atoms with E-state index in [0.717, 1.165) is 35.7 Å². The molecule has 0 unspecified atom stereocenters. The molecule has 0 radical (unpaired) electrons. The van der Waals surface area contributed by atoms with Crippen LogP contribution < -0.4 is 5.32 Å². The number of hydrogen-bond donors (Lipinski definition) is 1. The second-order valence-electron chi connectivity index (χ2n) is 4.61. The van der Waals surface area contributed by atoms with Crippen molar-refractivity contribution >= 4 is 5.82 Å². The molecule has 3 nitrogen and oxygen atoms in total. The van der Waals surface area contributed by atoms with E-state index in [1.165, 1.54) is 11.1 Å². The zero-order chi connectivity index (χ0) is 13.8. The number of aryl methyl sites for hydroxylation is 2. The molecule has 1 aromatic carbocycles. The maximum absolute atomic E-state index is 4.63. The van der Waals surface area contributed by atoms with Gasteiger partial charge in [-0.05, 0) is 25.3 Å². The molecular weight excluding hydrogens is 234 g/mol. The number of aromatic nitrogens is 2. The van der Waals surface area contributed by atoms with Gasteiger partial charge in [-0.1, -0.05) is 38.1 Å². The first kappa shape index (κ1) is 13.5. The fraction of sp³-hybridized carbons (Fsp3) is 0.375. The molecule has 0 spiro atoms. The van der Waals surface area contributed by atoms with E-state index in [1.807, 2.05) is 14.0 Å². The fourth-order valence-corrected chi connectivity index (χ4v) is 2.24.